The Bertz CT molecular complexity index is 850. The average molecular weight is 650 g/mol. The minimum absolute atomic E-state index is 0.0221. The number of carbonyl (C=O) groups excluding carboxylic acids is 1. The lowest BCUT2D eigenvalue weighted by atomic mass is 10.2. The van der Waals surface area contributed by atoms with Gasteiger partial charge in [0.25, 0.3) is 5.69 Å². The smallest absolute Gasteiger partial charge is 0.332 e. The fourth-order valence-corrected chi connectivity index (χ4v) is 3.17. The van der Waals surface area contributed by atoms with E-state index >= 15 is 0 Å². The predicted molar refractivity (Wildman–Crippen MR) is 162 cm³/mol. The van der Waals surface area contributed by atoms with Crippen molar-refractivity contribution in [2.75, 3.05) is 126 Å². The molecule has 15 heteroatoms. The molecular weight excluding hydrogens is 598 g/mol. The number of esters is 1. The molecule has 0 aliphatic carbocycles. The third kappa shape index (κ3) is 27.6. The van der Waals surface area contributed by atoms with Crippen molar-refractivity contribution in [1.82, 2.24) is 0 Å². The van der Waals surface area contributed by atoms with Crippen LogP contribution in [0.5, 0.6) is 5.75 Å². The minimum atomic E-state index is -0.517. The van der Waals surface area contributed by atoms with Crippen molar-refractivity contribution >= 4 is 11.7 Å². The first kappa shape index (κ1) is 40.6. The molecule has 0 unspecified atom stereocenters. The molecule has 0 atom stereocenters. The quantitative estimate of drug-likeness (QED) is 0.0499. The van der Waals surface area contributed by atoms with Crippen molar-refractivity contribution < 1.29 is 61.8 Å². The maximum atomic E-state index is 11.5. The molecule has 1 aromatic carbocycles. The molecule has 0 saturated heterocycles. The van der Waals surface area contributed by atoms with Crippen LogP contribution in [0.15, 0.2) is 24.3 Å². The van der Waals surface area contributed by atoms with E-state index in [0.717, 1.165) is 0 Å². The summed E-state index contributed by atoms with van der Waals surface area (Å²) in [5, 5.41) is 10.6. The summed E-state index contributed by atoms with van der Waals surface area (Å²) in [4.78, 5) is 21.7. The van der Waals surface area contributed by atoms with Gasteiger partial charge in [-0.3, -0.25) is 10.1 Å². The monoisotopic (exact) mass is 649 g/mol. The van der Waals surface area contributed by atoms with Crippen molar-refractivity contribution in [1.29, 1.82) is 0 Å². The van der Waals surface area contributed by atoms with E-state index in [1.165, 1.54) is 12.1 Å². The van der Waals surface area contributed by atoms with Crippen molar-refractivity contribution in [2.24, 2.45) is 0 Å². The highest BCUT2D eigenvalue weighted by atomic mass is 16.6. The van der Waals surface area contributed by atoms with Gasteiger partial charge in [0.05, 0.1) is 117 Å². The van der Waals surface area contributed by atoms with Gasteiger partial charge < -0.3 is 52.1 Å². The van der Waals surface area contributed by atoms with Crippen LogP contribution in [0.3, 0.4) is 0 Å². The SMILES string of the molecule is CC(C)(C)OC(=O)COCCOCCOCCOCCOCCOCCOCCOCCOCCOc1ccc([N+](=O)[O-])cc1. The number of non-ortho nitro benzene ring substituents is 1. The molecule has 0 aromatic heterocycles. The maximum Gasteiger partial charge on any atom is 0.332 e. The first-order valence-corrected chi connectivity index (χ1v) is 15.1. The molecular formula is C30H51NO14. The average Bonchev–Trinajstić information content (AvgIpc) is 2.99. The van der Waals surface area contributed by atoms with Crippen LogP contribution in [-0.4, -0.2) is 142 Å². The normalized spacial score (nSPS) is 11.5. The maximum absolute atomic E-state index is 11.5. The largest absolute Gasteiger partial charge is 0.491 e. The van der Waals surface area contributed by atoms with Gasteiger partial charge in [-0.05, 0) is 32.9 Å². The molecule has 0 bridgehead atoms. The van der Waals surface area contributed by atoms with E-state index in [9.17, 15) is 14.9 Å². The van der Waals surface area contributed by atoms with Gasteiger partial charge in [-0.25, -0.2) is 4.79 Å². The highest BCUT2D eigenvalue weighted by Crippen LogP contribution is 2.17. The van der Waals surface area contributed by atoms with Gasteiger partial charge in [-0.1, -0.05) is 0 Å². The zero-order valence-electron chi connectivity index (χ0n) is 26.9. The number of ether oxygens (including phenoxy) is 11. The van der Waals surface area contributed by atoms with Crippen molar-refractivity contribution in [2.45, 2.75) is 26.4 Å². The van der Waals surface area contributed by atoms with Crippen LogP contribution >= 0.6 is 0 Å². The van der Waals surface area contributed by atoms with Crippen LogP contribution in [0.25, 0.3) is 0 Å². The van der Waals surface area contributed by atoms with Crippen LogP contribution in [0.4, 0.5) is 5.69 Å². The zero-order chi connectivity index (χ0) is 32.9. The molecule has 1 aromatic rings. The summed E-state index contributed by atoms with van der Waals surface area (Å²) in [6.07, 6.45) is 0. The topological polar surface area (TPSA) is 162 Å². The van der Waals surface area contributed by atoms with Crippen molar-refractivity contribution in [3.05, 3.63) is 34.4 Å². The lowest BCUT2D eigenvalue weighted by Crippen LogP contribution is -2.27. The molecule has 260 valence electrons. The Kier molecular flexibility index (Phi) is 25.1. The standard InChI is InChI=1S/C30H51NO14/c1-30(2,3)45-29(32)26-43-23-22-41-19-18-39-15-14-37-11-10-35-8-9-36-12-13-38-16-17-40-20-21-42-24-25-44-28-6-4-27(5-7-28)31(33)34/h4-7H,8-26H2,1-3H3. The van der Waals surface area contributed by atoms with Crippen LogP contribution in [-0.2, 0) is 52.2 Å². The number of nitrogens with zero attached hydrogens (tertiary/aromatic N) is 1. The molecule has 0 saturated carbocycles. The van der Waals surface area contributed by atoms with E-state index in [1.54, 1.807) is 12.1 Å². The van der Waals surface area contributed by atoms with Gasteiger partial charge in [0.1, 0.15) is 24.6 Å². The number of nitro groups is 1. The number of hydrogen-bond donors (Lipinski definition) is 0. The summed E-state index contributed by atoms with van der Waals surface area (Å²) in [6.45, 7) is 13.2. The van der Waals surface area contributed by atoms with Gasteiger partial charge in [0.15, 0.2) is 0 Å². The molecule has 0 radical (unpaired) electrons. The van der Waals surface area contributed by atoms with E-state index in [2.05, 4.69) is 0 Å². The summed E-state index contributed by atoms with van der Waals surface area (Å²) < 4.78 is 59.2. The van der Waals surface area contributed by atoms with Gasteiger partial charge in [-0.15, -0.1) is 0 Å². The zero-order valence-corrected chi connectivity index (χ0v) is 26.9. The Balaban J connectivity index is 1.68. The Morgan fingerprint density at radius 1 is 0.556 bits per heavy atom. The van der Waals surface area contributed by atoms with E-state index < -0.39 is 16.5 Å². The molecule has 15 nitrogen and oxygen atoms in total. The fraction of sp³-hybridized carbons (Fsp3) is 0.767. The lowest BCUT2D eigenvalue weighted by Gasteiger charge is -2.19. The molecule has 0 aliphatic heterocycles. The summed E-state index contributed by atoms with van der Waals surface area (Å²) in [7, 11) is 0. The summed E-state index contributed by atoms with van der Waals surface area (Å²) in [5.41, 5.74) is -0.495. The number of benzene rings is 1. The second-order valence-electron chi connectivity index (χ2n) is 10.1. The molecule has 0 amide bonds. The van der Waals surface area contributed by atoms with Crippen LogP contribution in [0, 0.1) is 10.1 Å². The van der Waals surface area contributed by atoms with E-state index in [-0.39, 0.29) is 12.3 Å². The van der Waals surface area contributed by atoms with Gasteiger partial charge in [0.2, 0.25) is 0 Å². The second kappa shape index (κ2) is 27.8. The lowest BCUT2D eigenvalue weighted by molar-refractivity contribution is -0.384. The first-order valence-electron chi connectivity index (χ1n) is 15.1. The second-order valence-corrected chi connectivity index (χ2v) is 10.1. The van der Waals surface area contributed by atoms with Gasteiger partial charge in [0, 0.05) is 12.1 Å². The number of carbonyl (C=O) groups is 1. The Hall–Kier alpha value is -2.47. The molecule has 0 heterocycles. The van der Waals surface area contributed by atoms with Crippen molar-refractivity contribution in [3.8, 4) is 5.75 Å². The molecule has 0 aliphatic rings. The van der Waals surface area contributed by atoms with Crippen molar-refractivity contribution in [3.63, 3.8) is 0 Å². The molecule has 0 fully saturated rings. The third-order valence-corrected chi connectivity index (χ3v) is 5.16. The summed E-state index contributed by atoms with van der Waals surface area (Å²) in [5.74, 6) is 0.158. The van der Waals surface area contributed by atoms with Crippen LogP contribution in [0.1, 0.15) is 20.8 Å². The minimum Gasteiger partial charge on any atom is -0.491 e. The molecule has 45 heavy (non-hydrogen) atoms. The summed E-state index contributed by atoms with van der Waals surface area (Å²) >= 11 is 0. The number of rotatable bonds is 31. The summed E-state index contributed by atoms with van der Waals surface area (Å²) in [6, 6.07) is 5.89. The van der Waals surface area contributed by atoms with Crippen LogP contribution < -0.4 is 4.74 Å². The Labute approximate surface area is 265 Å². The number of nitro benzene ring substituents is 1. The van der Waals surface area contributed by atoms with E-state index in [4.69, 9.17) is 52.1 Å². The van der Waals surface area contributed by atoms with E-state index in [1.807, 2.05) is 20.8 Å². The van der Waals surface area contributed by atoms with Gasteiger partial charge >= 0.3 is 5.97 Å². The first-order chi connectivity index (χ1) is 21.8. The third-order valence-electron chi connectivity index (χ3n) is 5.16. The highest BCUT2D eigenvalue weighted by molar-refractivity contribution is 5.71. The highest BCUT2D eigenvalue weighted by Gasteiger charge is 2.15. The Morgan fingerprint density at radius 3 is 1.18 bits per heavy atom. The molecule has 0 N–H and O–H groups in total. The van der Waals surface area contributed by atoms with Gasteiger partial charge in [-0.2, -0.15) is 0 Å². The molecule has 0 spiro atoms. The molecule has 1 rings (SSSR count). The van der Waals surface area contributed by atoms with E-state index in [0.29, 0.717) is 125 Å². The fourth-order valence-electron chi connectivity index (χ4n) is 3.17. The Morgan fingerprint density at radius 2 is 0.867 bits per heavy atom. The van der Waals surface area contributed by atoms with Crippen LogP contribution in [0.2, 0.25) is 0 Å². The number of hydrogen-bond acceptors (Lipinski definition) is 14. The predicted octanol–water partition coefficient (Wildman–Crippen LogP) is 2.46.